The van der Waals surface area contributed by atoms with Gasteiger partial charge in [0.1, 0.15) is 10.7 Å². The molecule has 0 saturated carbocycles. The van der Waals surface area contributed by atoms with Crippen molar-refractivity contribution >= 4 is 27.4 Å². The van der Waals surface area contributed by atoms with Crippen LogP contribution in [0.5, 0.6) is 0 Å². The number of ether oxygens (including phenoxy) is 1. The zero-order chi connectivity index (χ0) is 10.8. The highest BCUT2D eigenvalue weighted by atomic mass is 32.1. The average Bonchev–Trinajstić information content (AvgIpc) is 2.63. The maximum Gasteiger partial charge on any atom is 0.348 e. The van der Waals surface area contributed by atoms with Gasteiger partial charge in [-0.05, 0) is 25.1 Å². The van der Waals surface area contributed by atoms with Crippen LogP contribution in [-0.2, 0) is 4.74 Å². The van der Waals surface area contributed by atoms with Crippen LogP contribution in [0.15, 0.2) is 24.3 Å². The number of carbonyl (C=O) groups excluding carboxylic acids is 1. The molecule has 2 rings (SSSR count). The summed E-state index contributed by atoms with van der Waals surface area (Å²) in [5.74, 6) is -0.697. The van der Waals surface area contributed by atoms with Crippen LogP contribution < -0.4 is 0 Å². The van der Waals surface area contributed by atoms with Crippen LogP contribution in [0.4, 0.5) is 4.39 Å². The molecule has 1 heterocycles. The highest BCUT2D eigenvalue weighted by Gasteiger charge is 2.12. The van der Waals surface area contributed by atoms with Gasteiger partial charge in [0.25, 0.3) is 0 Å². The van der Waals surface area contributed by atoms with E-state index in [9.17, 15) is 9.18 Å². The minimum atomic E-state index is -0.391. The summed E-state index contributed by atoms with van der Waals surface area (Å²) >= 11 is 1.24. The first-order valence-electron chi connectivity index (χ1n) is 4.57. The van der Waals surface area contributed by atoms with Gasteiger partial charge in [0.15, 0.2) is 0 Å². The van der Waals surface area contributed by atoms with E-state index in [2.05, 4.69) is 0 Å². The molecular formula is C11H9FO2S. The van der Waals surface area contributed by atoms with Crippen LogP contribution in [0.2, 0.25) is 0 Å². The van der Waals surface area contributed by atoms with E-state index in [0.717, 1.165) is 4.70 Å². The second-order valence-electron chi connectivity index (χ2n) is 2.98. The van der Waals surface area contributed by atoms with Crippen LogP contribution in [0, 0.1) is 5.82 Å². The Kier molecular flexibility index (Phi) is 2.68. The molecule has 0 amide bonds. The molecule has 0 spiro atoms. The van der Waals surface area contributed by atoms with Gasteiger partial charge in [-0.1, -0.05) is 6.07 Å². The maximum atomic E-state index is 13.3. The molecule has 2 nitrogen and oxygen atoms in total. The molecule has 0 aliphatic carbocycles. The van der Waals surface area contributed by atoms with Gasteiger partial charge in [-0.3, -0.25) is 0 Å². The molecule has 0 saturated heterocycles. The summed E-state index contributed by atoms with van der Waals surface area (Å²) in [6.07, 6.45) is 0. The molecule has 78 valence electrons. The normalized spacial score (nSPS) is 10.5. The molecule has 0 atom stereocenters. The Morgan fingerprint density at radius 2 is 2.33 bits per heavy atom. The van der Waals surface area contributed by atoms with Crippen molar-refractivity contribution in [2.45, 2.75) is 6.92 Å². The molecule has 4 heteroatoms. The van der Waals surface area contributed by atoms with Crippen LogP contribution in [-0.4, -0.2) is 12.6 Å². The minimum absolute atomic E-state index is 0.306. The standard InChI is InChI=1S/C11H9FO2S/c1-2-14-11(13)10-6-7-8(12)4-3-5-9(7)15-10/h3-6H,2H2,1H3. The first-order valence-corrected chi connectivity index (χ1v) is 5.39. The summed E-state index contributed by atoms with van der Waals surface area (Å²) in [4.78, 5) is 11.8. The number of carbonyl (C=O) groups is 1. The summed E-state index contributed by atoms with van der Waals surface area (Å²) in [6, 6.07) is 6.33. The number of esters is 1. The van der Waals surface area contributed by atoms with Gasteiger partial charge in [-0.2, -0.15) is 0 Å². The predicted molar refractivity (Wildman–Crippen MR) is 57.7 cm³/mol. The lowest BCUT2D eigenvalue weighted by Gasteiger charge is -1.95. The molecule has 1 aromatic heterocycles. The van der Waals surface area contributed by atoms with Gasteiger partial charge in [0.05, 0.1) is 6.61 Å². The van der Waals surface area contributed by atoms with Crippen LogP contribution in [0.3, 0.4) is 0 Å². The number of thiophene rings is 1. The highest BCUT2D eigenvalue weighted by molar-refractivity contribution is 7.20. The zero-order valence-electron chi connectivity index (χ0n) is 8.12. The topological polar surface area (TPSA) is 26.3 Å². The van der Waals surface area contributed by atoms with Crippen molar-refractivity contribution in [3.05, 3.63) is 35.0 Å². The van der Waals surface area contributed by atoms with Crippen LogP contribution >= 0.6 is 11.3 Å². The summed E-state index contributed by atoms with van der Waals surface area (Å²) in [5.41, 5.74) is 0. The Labute approximate surface area is 90.3 Å². The molecule has 0 aliphatic heterocycles. The SMILES string of the molecule is CCOC(=O)c1cc2c(F)cccc2s1. The fourth-order valence-corrected chi connectivity index (χ4v) is 2.30. The van der Waals surface area contributed by atoms with Crippen LogP contribution in [0.1, 0.15) is 16.6 Å². The second-order valence-corrected chi connectivity index (χ2v) is 4.07. The fraction of sp³-hybridized carbons (Fsp3) is 0.182. The quantitative estimate of drug-likeness (QED) is 0.732. The third kappa shape index (κ3) is 1.85. The van der Waals surface area contributed by atoms with Gasteiger partial charge >= 0.3 is 5.97 Å². The first-order chi connectivity index (χ1) is 7.22. The van der Waals surface area contributed by atoms with Crippen molar-refractivity contribution in [1.29, 1.82) is 0 Å². The summed E-state index contributed by atoms with van der Waals surface area (Å²) in [7, 11) is 0. The Hall–Kier alpha value is -1.42. The zero-order valence-corrected chi connectivity index (χ0v) is 8.94. The molecule has 0 aliphatic rings. The molecule has 0 N–H and O–H groups in total. The van der Waals surface area contributed by atoms with Gasteiger partial charge < -0.3 is 4.74 Å². The van der Waals surface area contributed by atoms with Crippen molar-refractivity contribution in [2.24, 2.45) is 0 Å². The third-order valence-corrected chi connectivity index (χ3v) is 3.07. The second kappa shape index (κ2) is 3.98. The molecule has 0 unspecified atom stereocenters. The Balaban J connectivity index is 2.47. The Morgan fingerprint density at radius 3 is 3.00 bits per heavy atom. The van der Waals surface area contributed by atoms with Crippen molar-refractivity contribution in [3.63, 3.8) is 0 Å². The van der Waals surface area contributed by atoms with E-state index >= 15 is 0 Å². The lowest BCUT2D eigenvalue weighted by molar-refractivity contribution is 0.0532. The smallest absolute Gasteiger partial charge is 0.348 e. The Bertz CT molecular complexity index is 504. The summed E-state index contributed by atoms with van der Waals surface area (Å²) < 4.78 is 18.9. The summed E-state index contributed by atoms with van der Waals surface area (Å²) in [6.45, 7) is 2.07. The van der Waals surface area contributed by atoms with E-state index in [1.54, 1.807) is 19.1 Å². The number of halogens is 1. The van der Waals surface area contributed by atoms with Crippen molar-refractivity contribution in [1.82, 2.24) is 0 Å². The molecule has 2 aromatic rings. The van der Waals surface area contributed by atoms with E-state index in [1.807, 2.05) is 0 Å². The molecule has 0 radical (unpaired) electrons. The first kappa shape index (κ1) is 10.1. The van der Waals surface area contributed by atoms with E-state index in [4.69, 9.17) is 4.74 Å². The fourth-order valence-electron chi connectivity index (χ4n) is 1.33. The molecule has 15 heavy (non-hydrogen) atoms. The monoisotopic (exact) mass is 224 g/mol. The van der Waals surface area contributed by atoms with Crippen molar-refractivity contribution < 1.29 is 13.9 Å². The molecule has 0 bridgehead atoms. The molecule has 0 fully saturated rings. The minimum Gasteiger partial charge on any atom is -0.462 e. The van der Waals surface area contributed by atoms with Crippen LogP contribution in [0.25, 0.3) is 10.1 Å². The van der Waals surface area contributed by atoms with E-state index in [-0.39, 0.29) is 5.82 Å². The molecule has 1 aromatic carbocycles. The van der Waals surface area contributed by atoms with Crippen molar-refractivity contribution in [3.8, 4) is 0 Å². The Morgan fingerprint density at radius 1 is 1.53 bits per heavy atom. The van der Waals surface area contributed by atoms with E-state index in [0.29, 0.717) is 16.9 Å². The number of rotatable bonds is 2. The highest BCUT2D eigenvalue weighted by Crippen LogP contribution is 2.27. The van der Waals surface area contributed by atoms with Gasteiger partial charge in [-0.15, -0.1) is 11.3 Å². The number of hydrogen-bond donors (Lipinski definition) is 0. The predicted octanol–water partition coefficient (Wildman–Crippen LogP) is 3.22. The van der Waals surface area contributed by atoms with E-state index < -0.39 is 5.97 Å². The van der Waals surface area contributed by atoms with E-state index in [1.165, 1.54) is 23.5 Å². The van der Waals surface area contributed by atoms with Crippen molar-refractivity contribution in [2.75, 3.05) is 6.61 Å². The van der Waals surface area contributed by atoms with Gasteiger partial charge in [0.2, 0.25) is 0 Å². The average molecular weight is 224 g/mol. The third-order valence-electron chi connectivity index (χ3n) is 1.98. The van der Waals surface area contributed by atoms with Gasteiger partial charge in [0, 0.05) is 10.1 Å². The maximum absolute atomic E-state index is 13.3. The number of hydrogen-bond acceptors (Lipinski definition) is 3. The number of benzene rings is 1. The lowest BCUT2D eigenvalue weighted by atomic mass is 10.2. The molecular weight excluding hydrogens is 215 g/mol. The summed E-state index contributed by atoms with van der Waals surface area (Å²) in [5, 5.41) is 0.477. The largest absolute Gasteiger partial charge is 0.462 e. The van der Waals surface area contributed by atoms with Gasteiger partial charge in [-0.25, -0.2) is 9.18 Å². The number of fused-ring (bicyclic) bond motifs is 1. The lowest BCUT2D eigenvalue weighted by Crippen LogP contribution is -2.01.